The van der Waals surface area contributed by atoms with Crippen LogP contribution in [0.15, 0.2) is 60.9 Å². The number of hydrogen-bond acceptors (Lipinski definition) is 5. The molecule has 3 aliphatic heterocycles. The lowest BCUT2D eigenvalue weighted by molar-refractivity contribution is -0.139. The van der Waals surface area contributed by atoms with Crippen molar-refractivity contribution < 1.29 is 19.4 Å². The van der Waals surface area contributed by atoms with E-state index in [0.717, 1.165) is 16.8 Å². The van der Waals surface area contributed by atoms with Crippen molar-refractivity contribution in [1.82, 2.24) is 9.88 Å². The van der Waals surface area contributed by atoms with Gasteiger partial charge in [-0.15, -0.1) is 0 Å². The van der Waals surface area contributed by atoms with Crippen LogP contribution in [-0.4, -0.2) is 58.7 Å². The van der Waals surface area contributed by atoms with Crippen LogP contribution in [0.3, 0.4) is 0 Å². The van der Waals surface area contributed by atoms with Gasteiger partial charge < -0.3 is 19.6 Å². The molecule has 7 nitrogen and oxygen atoms in total. The molecule has 0 radical (unpaired) electrons. The van der Waals surface area contributed by atoms with Crippen LogP contribution >= 0.6 is 0 Å². The summed E-state index contributed by atoms with van der Waals surface area (Å²) in [6.07, 6.45) is 7.54. The van der Waals surface area contributed by atoms with Gasteiger partial charge in [-0.3, -0.25) is 14.6 Å². The Morgan fingerprint density at radius 3 is 2.81 bits per heavy atom. The number of pyridine rings is 1. The molecular formula is C24H25N3O4. The van der Waals surface area contributed by atoms with Crippen LogP contribution < -0.4 is 4.90 Å². The molecular weight excluding hydrogens is 394 g/mol. The molecule has 1 spiro atoms. The Morgan fingerprint density at radius 1 is 1.29 bits per heavy atom. The Bertz CT molecular complexity index is 1020. The normalized spacial score (nSPS) is 28.3. The first-order valence-electron chi connectivity index (χ1n) is 10.5. The van der Waals surface area contributed by atoms with Crippen molar-refractivity contribution in [3.8, 4) is 0 Å². The minimum Gasteiger partial charge on any atom is -0.396 e. The molecule has 2 fully saturated rings. The highest BCUT2D eigenvalue weighted by Gasteiger charge is 2.67. The number of aliphatic hydroxyl groups is 1. The van der Waals surface area contributed by atoms with Crippen molar-refractivity contribution >= 4 is 17.5 Å². The van der Waals surface area contributed by atoms with Gasteiger partial charge in [-0.2, -0.15) is 0 Å². The van der Waals surface area contributed by atoms with Crippen molar-refractivity contribution in [2.24, 2.45) is 11.8 Å². The Balaban J connectivity index is 1.38. The molecule has 7 heteroatoms. The first-order chi connectivity index (χ1) is 15.0. The van der Waals surface area contributed by atoms with Crippen molar-refractivity contribution in [1.29, 1.82) is 0 Å². The number of ether oxygens (including phenoxy) is 1. The van der Waals surface area contributed by atoms with Gasteiger partial charge in [0, 0.05) is 38.3 Å². The number of anilines is 1. The average Bonchev–Trinajstić information content (AvgIpc) is 3.43. The standard InChI is InChI=1S/C24H25N3O4/c1-26(14-17-3-2-11-25-13-17)22(29)20-19-8-10-24(31-19)15-27(23(30)21(20)24)18-6-4-16(5-7-18)9-12-28/h2-8,10-11,13,19-21,28H,9,12,14-15H2,1H3/t19-,20+,21-,24-/m0/s1. The van der Waals surface area contributed by atoms with E-state index < -0.39 is 17.4 Å². The zero-order valence-electron chi connectivity index (χ0n) is 17.3. The first-order valence-corrected chi connectivity index (χ1v) is 10.5. The smallest absolute Gasteiger partial charge is 0.234 e. The molecule has 2 amide bonds. The van der Waals surface area contributed by atoms with Crippen molar-refractivity contribution in [2.75, 3.05) is 25.1 Å². The van der Waals surface area contributed by atoms with Gasteiger partial charge in [0.25, 0.3) is 0 Å². The van der Waals surface area contributed by atoms with Crippen molar-refractivity contribution in [2.45, 2.75) is 24.7 Å². The Hall–Kier alpha value is -3.03. The summed E-state index contributed by atoms with van der Waals surface area (Å²) >= 11 is 0. The summed E-state index contributed by atoms with van der Waals surface area (Å²) in [5.74, 6) is -1.21. The number of hydrogen-bond donors (Lipinski definition) is 1. The fourth-order valence-corrected chi connectivity index (χ4v) is 5.07. The molecule has 0 aliphatic carbocycles. The zero-order chi connectivity index (χ0) is 21.6. The van der Waals surface area contributed by atoms with E-state index in [-0.39, 0.29) is 24.5 Å². The van der Waals surface area contributed by atoms with Gasteiger partial charge in [-0.25, -0.2) is 0 Å². The highest BCUT2D eigenvalue weighted by Crippen LogP contribution is 2.53. The van der Waals surface area contributed by atoms with E-state index in [4.69, 9.17) is 9.84 Å². The predicted molar refractivity (Wildman–Crippen MR) is 114 cm³/mol. The van der Waals surface area contributed by atoms with E-state index in [1.165, 1.54) is 0 Å². The molecule has 3 aliphatic rings. The highest BCUT2D eigenvalue weighted by atomic mass is 16.5. The average molecular weight is 419 g/mol. The maximum absolute atomic E-state index is 13.5. The lowest BCUT2D eigenvalue weighted by Crippen LogP contribution is -2.44. The second-order valence-corrected chi connectivity index (χ2v) is 8.52. The van der Waals surface area contributed by atoms with Crippen molar-refractivity contribution in [3.05, 3.63) is 72.1 Å². The maximum atomic E-state index is 13.5. The molecule has 1 aromatic carbocycles. The molecule has 2 bridgehead atoms. The summed E-state index contributed by atoms with van der Waals surface area (Å²) < 4.78 is 6.24. The molecule has 160 valence electrons. The van der Waals surface area contributed by atoms with Gasteiger partial charge in [0.1, 0.15) is 5.60 Å². The van der Waals surface area contributed by atoms with Gasteiger partial charge >= 0.3 is 0 Å². The van der Waals surface area contributed by atoms with E-state index in [2.05, 4.69) is 4.98 Å². The predicted octanol–water partition coefficient (Wildman–Crippen LogP) is 1.56. The van der Waals surface area contributed by atoms with Crippen LogP contribution in [-0.2, 0) is 27.3 Å². The number of carbonyl (C=O) groups is 2. The van der Waals surface area contributed by atoms with Crippen LogP contribution in [0.1, 0.15) is 11.1 Å². The topological polar surface area (TPSA) is 83.0 Å². The number of amides is 2. The number of aliphatic hydroxyl groups excluding tert-OH is 1. The molecule has 1 aromatic heterocycles. The van der Waals surface area contributed by atoms with Crippen LogP contribution in [0, 0.1) is 11.8 Å². The molecule has 0 unspecified atom stereocenters. The maximum Gasteiger partial charge on any atom is 0.234 e. The summed E-state index contributed by atoms with van der Waals surface area (Å²) in [6.45, 7) is 0.923. The summed E-state index contributed by atoms with van der Waals surface area (Å²) in [7, 11) is 1.76. The molecule has 1 N–H and O–H groups in total. The summed E-state index contributed by atoms with van der Waals surface area (Å²) in [5, 5.41) is 9.11. The minimum absolute atomic E-state index is 0.0742. The van der Waals surface area contributed by atoms with E-state index in [1.54, 1.807) is 29.2 Å². The molecule has 31 heavy (non-hydrogen) atoms. The van der Waals surface area contributed by atoms with Gasteiger partial charge in [0.05, 0.1) is 24.5 Å². The highest BCUT2D eigenvalue weighted by molar-refractivity contribution is 6.03. The van der Waals surface area contributed by atoms with Gasteiger partial charge in [0.15, 0.2) is 0 Å². The minimum atomic E-state index is -0.749. The third-order valence-electron chi connectivity index (χ3n) is 6.55. The Kier molecular flexibility index (Phi) is 4.87. The molecule has 4 heterocycles. The third-order valence-corrected chi connectivity index (χ3v) is 6.55. The molecule has 2 aromatic rings. The second kappa shape index (κ2) is 7.59. The van der Waals surface area contributed by atoms with E-state index in [0.29, 0.717) is 19.5 Å². The van der Waals surface area contributed by atoms with E-state index in [1.807, 2.05) is 48.6 Å². The van der Waals surface area contributed by atoms with Crippen LogP contribution in [0.4, 0.5) is 5.69 Å². The largest absolute Gasteiger partial charge is 0.396 e. The fourth-order valence-electron chi connectivity index (χ4n) is 5.07. The lowest BCUT2D eigenvalue weighted by atomic mass is 9.76. The summed E-state index contributed by atoms with van der Waals surface area (Å²) in [4.78, 5) is 34.3. The molecule has 2 saturated heterocycles. The van der Waals surface area contributed by atoms with E-state index in [9.17, 15) is 9.59 Å². The third kappa shape index (κ3) is 3.25. The number of aromatic nitrogens is 1. The number of nitrogens with zero attached hydrogens (tertiary/aromatic N) is 3. The fraction of sp³-hybridized carbons (Fsp3) is 0.375. The van der Waals surface area contributed by atoms with E-state index >= 15 is 0 Å². The Labute approximate surface area is 180 Å². The summed E-state index contributed by atoms with van der Waals surface area (Å²) in [5.41, 5.74) is 1.99. The number of benzene rings is 1. The monoisotopic (exact) mass is 419 g/mol. The van der Waals surface area contributed by atoms with Crippen molar-refractivity contribution in [3.63, 3.8) is 0 Å². The van der Waals surface area contributed by atoms with Gasteiger partial charge in [-0.05, 0) is 35.7 Å². The summed E-state index contributed by atoms with van der Waals surface area (Å²) in [6, 6.07) is 11.4. The number of fused-ring (bicyclic) bond motifs is 1. The molecule has 4 atom stereocenters. The molecule has 0 saturated carbocycles. The number of rotatable bonds is 6. The Morgan fingerprint density at radius 2 is 2.10 bits per heavy atom. The number of carbonyl (C=O) groups excluding carboxylic acids is 2. The molecule has 5 rings (SSSR count). The quantitative estimate of drug-likeness (QED) is 0.719. The van der Waals surface area contributed by atoms with Gasteiger partial charge in [0.2, 0.25) is 11.8 Å². The van der Waals surface area contributed by atoms with Crippen LogP contribution in [0.5, 0.6) is 0 Å². The second-order valence-electron chi connectivity index (χ2n) is 8.52. The van der Waals surface area contributed by atoms with Crippen LogP contribution in [0.2, 0.25) is 0 Å². The lowest BCUT2D eigenvalue weighted by Gasteiger charge is -2.27. The SMILES string of the molecule is CN(Cc1cccnc1)C(=O)[C@@H]1[C@@H]2C=C[C@@]3(CN(c4ccc(CCO)cc4)C(=O)[C@H]13)O2. The van der Waals surface area contributed by atoms with Crippen LogP contribution in [0.25, 0.3) is 0 Å². The zero-order valence-corrected chi connectivity index (χ0v) is 17.3. The van der Waals surface area contributed by atoms with Gasteiger partial charge in [-0.1, -0.05) is 30.4 Å². The first kappa shape index (κ1) is 19.9.